The number of guanidine groups is 1. The van der Waals surface area contributed by atoms with Gasteiger partial charge in [-0.15, -0.1) is 0 Å². The second-order valence-corrected chi connectivity index (χ2v) is 5.65. The summed E-state index contributed by atoms with van der Waals surface area (Å²) >= 11 is 0. The van der Waals surface area contributed by atoms with Gasteiger partial charge in [0.1, 0.15) is 11.6 Å². The van der Waals surface area contributed by atoms with Gasteiger partial charge in [-0.25, -0.2) is 19.4 Å². The van der Waals surface area contributed by atoms with Gasteiger partial charge in [0, 0.05) is 50.2 Å². The van der Waals surface area contributed by atoms with Gasteiger partial charge in [0.15, 0.2) is 5.96 Å². The van der Waals surface area contributed by atoms with Crippen molar-refractivity contribution < 1.29 is 9.13 Å². The Morgan fingerprint density at radius 1 is 1.24 bits per heavy atom. The average Bonchev–Trinajstić information content (AvgIpc) is 2.67. The molecule has 25 heavy (non-hydrogen) atoms. The van der Waals surface area contributed by atoms with Crippen molar-refractivity contribution in [1.82, 2.24) is 14.9 Å². The minimum Gasteiger partial charge on any atom is -0.497 e. The van der Waals surface area contributed by atoms with Crippen LogP contribution in [-0.2, 0) is 6.54 Å². The third-order valence-corrected chi connectivity index (χ3v) is 4.11. The van der Waals surface area contributed by atoms with Gasteiger partial charge in [-0.05, 0) is 12.1 Å². The van der Waals surface area contributed by atoms with Crippen LogP contribution in [0, 0.1) is 5.82 Å². The topological polar surface area (TPSA) is 79.9 Å². The number of rotatable bonds is 4. The lowest BCUT2D eigenvalue weighted by Gasteiger charge is -2.35. The zero-order chi connectivity index (χ0) is 17.6. The van der Waals surface area contributed by atoms with Gasteiger partial charge in [0.05, 0.1) is 13.7 Å². The number of methoxy groups -OCH3 is 1. The van der Waals surface area contributed by atoms with E-state index < -0.39 is 0 Å². The highest BCUT2D eigenvalue weighted by molar-refractivity contribution is 5.78. The lowest BCUT2D eigenvalue weighted by molar-refractivity contribution is 0.378. The van der Waals surface area contributed by atoms with E-state index in [4.69, 9.17) is 10.5 Å². The van der Waals surface area contributed by atoms with E-state index in [0.717, 1.165) is 32.1 Å². The molecule has 0 atom stereocenters. The molecule has 0 spiro atoms. The molecule has 1 aromatic heterocycles. The molecule has 1 saturated heterocycles. The molecule has 1 aromatic carbocycles. The number of aliphatic imine (C=N–C) groups is 1. The van der Waals surface area contributed by atoms with Gasteiger partial charge >= 0.3 is 0 Å². The number of hydrogen-bond acceptors (Lipinski definition) is 5. The molecule has 2 heterocycles. The Bertz CT molecular complexity index is 731. The monoisotopic (exact) mass is 344 g/mol. The minimum absolute atomic E-state index is 0.198. The normalized spacial score (nSPS) is 15.4. The molecule has 2 N–H and O–H groups in total. The SMILES string of the molecule is COc1ccc(CN=C(N)N2CCN(c3ncccn3)CC2)c(F)c1. The number of ether oxygens (including phenoxy) is 1. The smallest absolute Gasteiger partial charge is 0.225 e. The first kappa shape index (κ1) is 16.9. The van der Waals surface area contributed by atoms with Crippen LogP contribution in [0.2, 0.25) is 0 Å². The number of aromatic nitrogens is 2. The fourth-order valence-electron chi connectivity index (χ4n) is 2.64. The summed E-state index contributed by atoms with van der Waals surface area (Å²) in [7, 11) is 1.50. The molecule has 1 aliphatic heterocycles. The fraction of sp³-hybridized carbons (Fsp3) is 0.353. The summed E-state index contributed by atoms with van der Waals surface area (Å²) in [6.07, 6.45) is 3.46. The van der Waals surface area contributed by atoms with E-state index in [2.05, 4.69) is 19.9 Å². The van der Waals surface area contributed by atoms with Crippen molar-refractivity contribution in [2.24, 2.45) is 10.7 Å². The van der Waals surface area contributed by atoms with E-state index in [9.17, 15) is 4.39 Å². The summed E-state index contributed by atoms with van der Waals surface area (Å²) in [4.78, 5) is 16.9. The molecule has 2 aromatic rings. The number of piperazine rings is 1. The third-order valence-electron chi connectivity index (χ3n) is 4.11. The Morgan fingerprint density at radius 2 is 1.96 bits per heavy atom. The predicted octanol–water partition coefficient (Wildman–Crippen LogP) is 1.26. The third kappa shape index (κ3) is 4.14. The maximum absolute atomic E-state index is 13.9. The number of nitrogens with two attached hydrogens (primary N) is 1. The molecular weight excluding hydrogens is 323 g/mol. The Hall–Kier alpha value is -2.90. The van der Waals surface area contributed by atoms with Gasteiger partial charge < -0.3 is 20.3 Å². The predicted molar refractivity (Wildman–Crippen MR) is 94.1 cm³/mol. The van der Waals surface area contributed by atoms with E-state index in [1.807, 2.05) is 4.90 Å². The molecule has 0 saturated carbocycles. The largest absolute Gasteiger partial charge is 0.497 e. The second kappa shape index (κ2) is 7.78. The van der Waals surface area contributed by atoms with Crippen molar-refractivity contribution in [1.29, 1.82) is 0 Å². The Morgan fingerprint density at radius 3 is 2.60 bits per heavy atom. The van der Waals surface area contributed by atoms with Crippen molar-refractivity contribution in [2.75, 3.05) is 38.2 Å². The van der Waals surface area contributed by atoms with Crippen LogP contribution >= 0.6 is 0 Å². The van der Waals surface area contributed by atoms with Crippen LogP contribution in [-0.4, -0.2) is 54.1 Å². The minimum atomic E-state index is -0.345. The zero-order valence-corrected chi connectivity index (χ0v) is 14.1. The summed E-state index contributed by atoms with van der Waals surface area (Å²) in [5.74, 6) is 1.28. The molecule has 0 radical (unpaired) electrons. The molecule has 0 aliphatic carbocycles. The van der Waals surface area contributed by atoms with Crippen LogP contribution in [0.25, 0.3) is 0 Å². The lowest BCUT2D eigenvalue weighted by Crippen LogP contribution is -2.51. The highest BCUT2D eigenvalue weighted by Crippen LogP contribution is 2.17. The summed E-state index contributed by atoms with van der Waals surface area (Å²) in [5, 5.41) is 0. The summed E-state index contributed by atoms with van der Waals surface area (Å²) < 4.78 is 18.9. The molecule has 7 nitrogen and oxygen atoms in total. The highest BCUT2D eigenvalue weighted by atomic mass is 19.1. The van der Waals surface area contributed by atoms with Crippen LogP contribution in [0.1, 0.15) is 5.56 Å². The number of hydrogen-bond donors (Lipinski definition) is 1. The van der Waals surface area contributed by atoms with E-state index in [1.165, 1.54) is 13.2 Å². The summed E-state index contributed by atoms with van der Waals surface area (Å²) in [5.41, 5.74) is 6.55. The summed E-state index contributed by atoms with van der Waals surface area (Å²) in [6.45, 7) is 3.16. The van der Waals surface area contributed by atoms with Crippen LogP contribution in [0.4, 0.5) is 10.3 Å². The summed E-state index contributed by atoms with van der Waals surface area (Å²) in [6, 6.07) is 6.51. The van der Waals surface area contributed by atoms with Crippen LogP contribution in [0.3, 0.4) is 0 Å². The van der Waals surface area contributed by atoms with Crippen molar-refractivity contribution in [3.63, 3.8) is 0 Å². The van der Waals surface area contributed by atoms with Crippen molar-refractivity contribution >= 4 is 11.9 Å². The van der Waals surface area contributed by atoms with Crippen LogP contribution < -0.4 is 15.4 Å². The standard InChI is InChI=1S/C17H21FN6O/c1-25-14-4-3-13(15(18)11-14)12-22-16(19)23-7-9-24(10-8-23)17-20-5-2-6-21-17/h2-6,11H,7-10,12H2,1H3,(H2,19,22). The molecule has 1 fully saturated rings. The first-order valence-corrected chi connectivity index (χ1v) is 8.06. The van der Waals surface area contributed by atoms with E-state index in [0.29, 0.717) is 17.3 Å². The van der Waals surface area contributed by atoms with E-state index in [-0.39, 0.29) is 12.4 Å². The van der Waals surface area contributed by atoms with E-state index in [1.54, 1.807) is 30.6 Å². The average molecular weight is 344 g/mol. The van der Waals surface area contributed by atoms with Gasteiger partial charge in [-0.3, -0.25) is 0 Å². The fourth-order valence-corrected chi connectivity index (χ4v) is 2.64. The molecule has 3 rings (SSSR count). The first-order valence-electron chi connectivity index (χ1n) is 8.06. The van der Waals surface area contributed by atoms with Crippen LogP contribution in [0.5, 0.6) is 5.75 Å². The number of benzene rings is 1. The second-order valence-electron chi connectivity index (χ2n) is 5.65. The van der Waals surface area contributed by atoms with Gasteiger partial charge in [-0.2, -0.15) is 0 Å². The maximum Gasteiger partial charge on any atom is 0.225 e. The molecular formula is C17H21FN6O. The molecule has 0 bridgehead atoms. The molecule has 8 heteroatoms. The van der Waals surface area contributed by atoms with Crippen LogP contribution in [0.15, 0.2) is 41.7 Å². The van der Waals surface area contributed by atoms with Gasteiger partial charge in [0.25, 0.3) is 0 Å². The molecule has 0 unspecified atom stereocenters. The van der Waals surface area contributed by atoms with Crippen molar-refractivity contribution in [3.8, 4) is 5.75 Å². The molecule has 132 valence electrons. The highest BCUT2D eigenvalue weighted by Gasteiger charge is 2.19. The molecule has 1 aliphatic rings. The van der Waals surface area contributed by atoms with Crippen molar-refractivity contribution in [3.05, 3.63) is 48.0 Å². The quantitative estimate of drug-likeness (QED) is 0.664. The lowest BCUT2D eigenvalue weighted by atomic mass is 10.2. The Kier molecular flexibility index (Phi) is 5.27. The van der Waals surface area contributed by atoms with Crippen molar-refractivity contribution in [2.45, 2.75) is 6.54 Å². The van der Waals surface area contributed by atoms with Gasteiger partial charge in [0.2, 0.25) is 5.95 Å². The maximum atomic E-state index is 13.9. The molecule has 0 amide bonds. The number of nitrogens with zero attached hydrogens (tertiary/aromatic N) is 5. The number of anilines is 1. The number of halogens is 1. The first-order chi connectivity index (χ1) is 12.2. The Labute approximate surface area is 146 Å². The Balaban J connectivity index is 1.57. The van der Waals surface area contributed by atoms with Gasteiger partial charge in [-0.1, -0.05) is 6.07 Å². The zero-order valence-electron chi connectivity index (χ0n) is 14.1. The van der Waals surface area contributed by atoms with E-state index >= 15 is 0 Å².